The van der Waals surface area contributed by atoms with Crippen molar-refractivity contribution >= 4 is 23.5 Å². The molecule has 1 N–H and O–H groups in total. The van der Waals surface area contributed by atoms with Crippen LogP contribution in [0.15, 0.2) is 0 Å². The molecule has 3 unspecified atom stereocenters. The van der Waals surface area contributed by atoms with E-state index in [2.05, 4.69) is 28.8 Å². The fourth-order valence-electron chi connectivity index (χ4n) is 2.94. The lowest BCUT2D eigenvalue weighted by Gasteiger charge is -2.24. The highest BCUT2D eigenvalue weighted by Crippen LogP contribution is 2.49. The van der Waals surface area contributed by atoms with E-state index < -0.39 is 0 Å². The summed E-state index contributed by atoms with van der Waals surface area (Å²) in [5, 5.41) is 3.81. The first-order valence-electron chi connectivity index (χ1n) is 5.90. The Bertz CT molecular complexity index is 203. The molecule has 2 saturated carbocycles. The lowest BCUT2D eigenvalue weighted by atomic mass is 9.95. The van der Waals surface area contributed by atoms with Crippen molar-refractivity contribution in [3.8, 4) is 0 Å². The molecule has 0 aromatic carbocycles. The number of fused-ring (bicyclic) bond motifs is 1. The minimum atomic E-state index is 0.856. The number of hydrogen-bond donors (Lipinski definition) is 1. The Morgan fingerprint density at radius 3 is 2.86 bits per heavy atom. The van der Waals surface area contributed by atoms with Crippen LogP contribution < -0.4 is 5.32 Å². The zero-order valence-corrected chi connectivity index (χ0v) is 10.2. The summed E-state index contributed by atoms with van der Waals surface area (Å²) in [7, 11) is 0. The van der Waals surface area contributed by atoms with Crippen molar-refractivity contribution in [3.63, 3.8) is 0 Å². The first kappa shape index (κ1) is 9.86. The molecule has 3 atom stereocenters. The standard InChI is InChI=1S/C11H19NS2/c1-2-8-6-9(8)10(3-1)12-7-11-13-4-5-14-11/h8-12H,1-7H2. The molecule has 0 aromatic heterocycles. The Morgan fingerprint density at radius 1 is 1.14 bits per heavy atom. The van der Waals surface area contributed by atoms with Crippen LogP contribution in [0.2, 0.25) is 0 Å². The highest BCUT2D eigenvalue weighted by Gasteiger charge is 2.44. The van der Waals surface area contributed by atoms with E-state index in [0.717, 1.165) is 22.5 Å². The molecule has 1 heterocycles. The van der Waals surface area contributed by atoms with E-state index in [1.807, 2.05) is 0 Å². The fraction of sp³-hybridized carbons (Fsp3) is 1.00. The SMILES string of the molecule is C1CC2CC2C(NCC2SCCS2)C1. The summed E-state index contributed by atoms with van der Waals surface area (Å²) in [5.74, 6) is 4.92. The van der Waals surface area contributed by atoms with Gasteiger partial charge in [0.2, 0.25) is 0 Å². The monoisotopic (exact) mass is 229 g/mol. The Hall–Kier alpha value is 0.660. The van der Waals surface area contributed by atoms with E-state index in [-0.39, 0.29) is 0 Å². The van der Waals surface area contributed by atoms with Gasteiger partial charge in [0.05, 0.1) is 4.58 Å². The maximum absolute atomic E-state index is 3.81. The molecule has 80 valence electrons. The van der Waals surface area contributed by atoms with Gasteiger partial charge in [-0.2, -0.15) is 0 Å². The van der Waals surface area contributed by atoms with Gasteiger partial charge in [-0.3, -0.25) is 0 Å². The Balaban J connectivity index is 1.43. The summed E-state index contributed by atoms with van der Waals surface area (Å²) in [5.41, 5.74) is 0. The average Bonchev–Trinajstić information content (AvgIpc) is 2.83. The van der Waals surface area contributed by atoms with Gasteiger partial charge in [-0.25, -0.2) is 0 Å². The highest BCUT2D eigenvalue weighted by molar-refractivity contribution is 8.20. The molecule has 3 rings (SSSR count). The third-order valence-electron chi connectivity index (χ3n) is 3.82. The molecule has 1 nitrogen and oxygen atoms in total. The van der Waals surface area contributed by atoms with E-state index in [1.54, 1.807) is 0 Å². The minimum absolute atomic E-state index is 0.856. The van der Waals surface area contributed by atoms with Crippen LogP contribution >= 0.6 is 23.5 Å². The molecule has 0 spiro atoms. The van der Waals surface area contributed by atoms with Gasteiger partial charge in [0.1, 0.15) is 0 Å². The van der Waals surface area contributed by atoms with Gasteiger partial charge in [-0.05, 0) is 24.7 Å². The molecule has 0 bridgehead atoms. The fourth-order valence-corrected chi connectivity index (χ4v) is 5.62. The van der Waals surface area contributed by atoms with Gasteiger partial charge in [0.25, 0.3) is 0 Å². The van der Waals surface area contributed by atoms with Crippen molar-refractivity contribution in [3.05, 3.63) is 0 Å². The second-order valence-electron chi connectivity index (χ2n) is 4.78. The van der Waals surface area contributed by atoms with Crippen molar-refractivity contribution in [1.82, 2.24) is 5.32 Å². The van der Waals surface area contributed by atoms with E-state index in [0.29, 0.717) is 0 Å². The van der Waals surface area contributed by atoms with E-state index in [4.69, 9.17) is 0 Å². The first-order valence-corrected chi connectivity index (χ1v) is 8.00. The molecule has 2 aliphatic carbocycles. The maximum atomic E-state index is 3.81. The second kappa shape index (κ2) is 4.26. The molecule has 3 fully saturated rings. The zero-order chi connectivity index (χ0) is 9.38. The van der Waals surface area contributed by atoms with Crippen molar-refractivity contribution in [1.29, 1.82) is 0 Å². The lowest BCUT2D eigenvalue weighted by Crippen LogP contribution is -2.36. The summed E-state index contributed by atoms with van der Waals surface area (Å²) in [4.78, 5) is 0. The van der Waals surface area contributed by atoms with Crippen molar-refractivity contribution in [2.75, 3.05) is 18.1 Å². The van der Waals surface area contributed by atoms with Crippen molar-refractivity contribution < 1.29 is 0 Å². The molecule has 3 aliphatic rings. The molecular weight excluding hydrogens is 210 g/mol. The van der Waals surface area contributed by atoms with Gasteiger partial charge in [0, 0.05) is 24.1 Å². The van der Waals surface area contributed by atoms with Gasteiger partial charge in [0.15, 0.2) is 0 Å². The number of nitrogens with one attached hydrogen (secondary N) is 1. The van der Waals surface area contributed by atoms with E-state index >= 15 is 0 Å². The Kier molecular flexibility index (Phi) is 3.00. The van der Waals surface area contributed by atoms with Gasteiger partial charge in [-0.15, -0.1) is 23.5 Å². The largest absolute Gasteiger partial charge is 0.312 e. The molecule has 0 aromatic rings. The lowest BCUT2D eigenvalue weighted by molar-refractivity contribution is 0.359. The van der Waals surface area contributed by atoms with E-state index in [1.165, 1.54) is 43.7 Å². The second-order valence-corrected chi connectivity index (χ2v) is 7.70. The van der Waals surface area contributed by atoms with Crippen LogP contribution in [0.25, 0.3) is 0 Å². The number of rotatable bonds is 3. The summed E-state index contributed by atoms with van der Waals surface area (Å²) in [6, 6.07) is 0.885. The number of thioether (sulfide) groups is 2. The van der Waals surface area contributed by atoms with Crippen LogP contribution in [0.3, 0.4) is 0 Å². The first-order chi connectivity index (χ1) is 6.93. The summed E-state index contributed by atoms with van der Waals surface area (Å²) < 4.78 is 0.856. The van der Waals surface area contributed by atoms with Crippen LogP contribution in [0.5, 0.6) is 0 Å². The molecular formula is C11H19NS2. The Morgan fingerprint density at radius 2 is 2.00 bits per heavy atom. The van der Waals surface area contributed by atoms with E-state index in [9.17, 15) is 0 Å². The van der Waals surface area contributed by atoms with Crippen LogP contribution in [-0.2, 0) is 0 Å². The summed E-state index contributed by atoms with van der Waals surface area (Å²) in [6.07, 6.45) is 5.98. The van der Waals surface area contributed by atoms with Crippen LogP contribution in [0.1, 0.15) is 25.7 Å². The molecule has 3 heteroatoms. The quantitative estimate of drug-likeness (QED) is 0.799. The molecule has 0 amide bonds. The normalized spacial score (nSPS) is 42.4. The number of hydrogen-bond acceptors (Lipinski definition) is 3. The molecule has 14 heavy (non-hydrogen) atoms. The van der Waals surface area contributed by atoms with Crippen molar-refractivity contribution in [2.24, 2.45) is 11.8 Å². The summed E-state index contributed by atoms with van der Waals surface area (Å²) >= 11 is 4.29. The third kappa shape index (κ3) is 2.10. The molecule has 0 radical (unpaired) electrons. The van der Waals surface area contributed by atoms with Crippen LogP contribution in [0.4, 0.5) is 0 Å². The summed E-state index contributed by atoms with van der Waals surface area (Å²) in [6.45, 7) is 1.25. The third-order valence-corrected chi connectivity index (χ3v) is 6.85. The van der Waals surface area contributed by atoms with Crippen LogP contribution in [0, 0.1) is 11.8 Å². The van der Waals surface area contributed by atoms with Gasteiger partial charge >= 0.3 is 0 Å². The predicted octanol–water partition coefficient (Wildman–Crippen LogP) is 2.57. The minimum Gasteiger partial charge on any atom is -0.312 e. The van der Waals surface area contributed by atoms with Gasteiger partial charge < -0.3 is 5.32 Å². The predicted molar refractivity (Wildman–Crippen MR) is 65.9 cm³/mol. The molecule has 1 aliphatic heterocycles. The molecule has 1 saturated heterocycles. The average molecular weight is 229 g/mol. The topological polar surface area (TPSA) is 12.0 Å². The van der Waals surface area contributed by atoms with Crippen LogP contribution in [-0.4, -0.2) is 28.7 Å². The smallest absolute Gasteiger partial charge is 0.0627 e. The Labute approximate surface area is 95.2 Å². The van der Waals surface area contributed by atoms with Gasteiger partial charge in [-0.1, -0.05) is 12.8 Å². The maximum Gasteiger partial charge on any atom is 0.0627 e. The highest BCUT2D eigenvalue weighted by atomic mass is 32.2. The zero-order valence-electron chi connectivity index (χ0n) is 8.58. The van der Waals surface area contributed by atoms with Crippen molar-refractivity contribution in [2.45, 2.75) is 36.3 Å².